The Bertz CT molecular complexity index is 418. The molecule has 0 spiro atoms. The number of nitro benzene ring substituents is 1. The van der Waals surface area contributed by atoms with Crippen LogP contribution in [0.1, 0.15) is 38.3 Å². The molecule has 0 saturated carbocycles. The fraction of sp³-hybridized carbons (Fsp3) is 0.417. The Morgan fingerprint density at radius 1 is 1.47 bits per heavy atom. The van der Waals surface area contributed by atoms with E-state index in [1.54, 1.807) is 19.1 Å². The Kier molecular flexibility index (Phi) is 4.63. The van der Waals surface area contributed by atoms with Crippen LogP contribution >= 0.6 is 0 Å². The number of nitro groups is 1. The van der Waals surface area contributed by atoms with Crippen molar-refractivity contribution >= 4 is 11.6 Å². The van der Waals surface area contributed by atoms with Gasteiger partial charge in [-0.15, -0.1) is 0 Å². The van der Waals surface area contributed by atoms with Crippen LogP contribution in [0, 0.1) is 10.1 Å². The molecule has 0 aliphatic heterocycles. The summed E-state index contributed by atoms with van der Waals surface area (Å²) in [6.45, 7) is 3.70. The van der Waals surface area contributed by atoms with Crippen LogP contribution in [0.3, 0.4) is 0 Å². The summed E-state index contributed by atoms with van der Waals surface area (Å²) in [7, 11) is 0. The minimum atomic E-state index is -0.433. The van der Waals surface area contributed by atoms with Crippen molar-refractivity contribution in [3.8, 4) is 0 Å². The average Bonchev–Trinajstić information content (AvgIpc) is 2.35. The highest BCUT2D eigenvalue weighted by Crippen LogP contribution is 2.21. The van der Waals surface area contributed by atoms with Crippen LogP contribution < -0.4 is 5.32 Å². The summed E-state index contributed by atoms with van der Waals surface area (Å²) in [6, 6.07) is 6.20. The zero-order valence-corrected chi connectivity index (χ0v) is 9.97. The number of non-ortho nitro benzene ring substituents is 1. The molecular weight excluding hydrogens is 220 g/mol. The van der Waals surface area contributed by atoms with Crippen LogP contribution in [0.2, 0.25) is 0 Å². The van der Waals surface area contributed by atoms with E-state index in [1.165, 1.54) is 12.1 Å². The lowest BCUT2D eigenvalue weighted by atomic mass is 10.0. The van der Waals surface area contributed by atoms with Gasteiger partial charge < -0.3 is 5.32 Å². The van der Waals surface area contributed by atoms with E-state index in [0.29, 0.717) is 12.8 Å². The van der Waals surface area contributed by atoms with E-state index in [9.17, 15) is 14.9 Å². The van der Waals surface area contributed by atoms with Gasteiger partial charge in [0, 0.05) is 18.6 Å². The quantitative estimate of drug-likeness (QED) is 0.630. The second-order valence-electron chi connectivity index (χ2n) is 3.73. The summed E-state index contributed by atoms with van der Waals surface area (Å²) in [5.74, 6) is -0.0524. The molecule has 0 bridgehead atoms. The molecule has 0 aliphatic carbocycles. The first kappa shape index (κ1) is 13.2. The molecule has 0 saturated heterocycles. The SMILES string of the molecule is CCC(=O)NC(CC)c1cccc([N+](=O)[O-])c1. The molecule has 0 heterocycles. The Labute approximate surface area is 100.0 Å². The summed E-state index contributed by atoms with van der Waals surface area (Å²) < 4.78 is 0. The van der Waals surface area contributed by atoms with Gasteiger partial charge in [-0.3, -0.25) is 14.9 Å². The molecule has 0 fully saturated rings. The number of carbonyl (C=O) groups is 1. The molecule has 92 valence electrons. The van der Waals surface area contributed by atoms with E-state index in [1.807, 2.05) is 6.92 Å². The van der Waals surface area contributed by atoms with Crippen LogP contribution in [0.4, 0.5) is 5.69 Å². The highest BCUT2D eigenvalue weighted by atomic mass is 16.6. The number of hydrogen-bond donors (Lipinski definition) is 1. The van der Waals surface area contributed by atoms with Gasteiger partial charge in [0.15, 0.2) is 0 Å². The highest BCUT2D eigenvalue weighted by Gasteiger charge is 2.14. The first-order valence-corrected chi connectivity index (χ1v) is 5.62. The summed E-state index contributed by atoms with van der Waals surface area (Å²) in [5.41, 5.74) is 0.815. The number of rotatable bonds is 5. The largest absolute Gasteiger partial charge is 0.349 e. The zero-order valence-electron chi connectivity index (χ0n) is 9.97. The first-order chi connectivity index (χ1) is 8.08. The lowest BCUT2D eigenvalue weighted by molar-refractivity contribution is -0.384. The third-order valence-electron chi connectivity index (χ3n) is 2.55. The van der Waals surface area contributed by atoms with Crippen molar-refractivity contribution in [3.05, 3.63) is 39.9 Å². The predicted octanol–water partition coefficient (Wildman–Crippen LogP) is 2.57. The molecule has 0 aliphatic rings. The van der Waals surface area contributed by atoms with Crippen molar-refractivity contribution in [2.24, 2.45) is 0 Å². The van der Waals surface area contributed by atoms with Crippen LogP contribution in [0.15, 0.2) is 24.3 Å². The first-order valence-electron chi connectivity index (χ1n) is 5.62. The van der Waals surface area contributed by atoms with Gasteiger partial charge in [0.25, 0.3) is 5.69 Å². The monoisotopic (exact) mass is 236 g/mol. The Balaban J connectivity index is 2.91. The Morgan fingerprint density at radius 3 is 2.71 bits per heavy atom. The molecular formula is C12H16N2O3. The minimum absolute atomic E-state index is 0.0479. The number of hydrogen-bond acceptors (Lipinski definition) is 3. The maximum atomic E-state index is 11.3. The van der Waals surface area contributed by atoms with Gasteiger partial charge in [0.2, 0.25) is 5.91 Å². The molecule has 1 aromatic carbocycles. The fourth-order valence-electron chi connectivity index (χ4n) is 1.57. The number of carbonyl (C=O) groups excluding carboxylic acids is 1. The highest BCUT2D eigenvalue weighted by molar-refractivity contribution is 5.76. The van der Waals surface area contributed by atoms with Gasteiger partial charge >= 0.3 is 0 Å². The third-order valence-corrected chi connectivity index (χ3v) is 2.55. The van der Waals surface area contributed by atoms with Crippen molar-refractivity contribution in [1.29, 1.82) is 0 Å². The van der Waals surface area contributed by atoms with Gasteiger partial charge in [-0.2, -0.15) is 0 Å². The van der Waals surface area contributed by atoms with E-state index >= 15 is 0 Å². The van der Waals surface area contributed by atoms with Crippen LogP contribution in [0.5, 0.6) is 0 Å². The van der Waals surface area contributed by atoms with E-state index in [0.717, 1.165) is 5.56 Å². The number of amides is 1. The smallest absolute Gasteiger partial charge is 0.269 e. The molecule has 1 rings (SSSR count). The molecule has 5 nitrogen and oxygen atoms in total. The summed E-state index contributed by atoms with van der Waals surface area (Å²) in [5, 5.41) is 13.5. The maximum absolute atomic E-state index is 11.3. The topological polar surface area (TPSA) is 72.2 Å². The molecule has 0 radical (unpaired) electrons. The number of nitrogens with one attached hydrogen (secondary N) is 1. The standard InChI is InChI=1S/C12H16N2O3/c1-3-11(13-12(15)4-2)9-6-5-7-10(8-9)14(16)17/h5-8,11H,3-4H2,1-2H3,(H,13,15). The second-order valence-corrected chi connectivity index (χ2v) is 3.73. The third kappa shape index (κ3) is 3.55. The van der Waals surface area contributed by atoms with Gasteiger partial charge in [-0.05, 0) is 12.0 Å². The molecule has 5 heteroatoms. The predicted molar refractivity (Wildman–Crippen MR) is 64.6 cm³/mol. The fourth-order valence-corrected chi connectivity index (χ4v) is 1.57. The van der Waals surface area contributed by atoms with Crippen LogP contribution in [0.25, 0.3) is 0 Å². The van der Waals surface area contributed by atoms with Gasteiger partial charge in [0.1, 0.15) is 0 Å². The summed E-state index contributed by atoms with van der Waals surface area (Å²) in [4.78, 5) is 21.6. The van der Waals surface area contributed by atoms with Gasteiger partial charge in [0.05, 0.1) is 11.0 Å². The normalized spacial score (nSPS) is 11.9. The van der Waals surface area contributed by atoms with Gasteiger partial charge in [-0.1, -0.05) is 26.0 Å². The Hall–Kier alpha value is -1.91. The minimum Gasteiger partial charge on any atom is -0.349 e. The van der Waals surface area contributed by atoms with E-state index in [-0.39, 0.29) is 17.6 Å². The lowest BCUT2D eigenvalue weighted by Gasteiger charge is -2.16. The summed E-state index contributed by atoms with van der Waals surface area (Å²) >= 11 is 0. The van der Waals surface area contributed by atoms with Crippen molar-refractivity contribution in [2.75, 3.05) is 0 Å². The van der Waals surface area contributed by atoms with Crippen molar-refractivity contribution < 1.29 is 9.72 Å². The summed E-state index contributed by atoms with van der Waals surface area (Å²) in [6.07, 6.45) is 1.11. The molecule has 0 aromatic heterocycles. The van der Waals surface area contributed by atoms with Crippen molar-refractivity contribution in [3.63, 3.8) is 0 Å². The zero-order chi connectivity index (χ0) is 12.8. The Morgan fingerprint density at radius 2 is 2.18 bits per heavy atom. The number of nitrogens with zero attached hydrogens (tertiary/aromatic N) is 1. The second kappa shape index (κ2) is 5.98. The van der Waals surface area contributed by atoms with E-state index in [2.05, 4.69) is 5.32 Å². The molecule has 1 aromatic rings. The van der Waals surface area contributed by atoms with Crippen molar-refractivity contribution in [2.45, 2.75) is 32.7 Å². The number of benzene rings is 1. The van der Waals surface area contributed by atoms with Crippen LogP contribution in [-0.4, -0.2) is 10.8 Å². The molecule has 1 unspecified atom stereocenters. The average molecular weight is 236 g/mol. The molecule has 17 heavy (non-hydrogen) atoms. The van der Waals surface area contributed by atoms with Crippen molar-refractivity contribution in [1.82, 2.24) is 5.32 Å². The molecule has 1 amide bonds. The van der Waals surface area contributed by atoms with Gasteiger partial charge in [-0.25, -0.2) is 0 Å². The lowest BCUT2D eigenvalue weighted by Crippen LogP contribution is -2.27. The van der Waals surface area contributed by atoms with Crippen LogP contribution in [-0.2, 0) is 4.79 Å². The maximum Gasteiger partial charge on any atom is 0.269 e. The molecule has 1 atom stereocenters. The molecule has 1 N–H and O–H groups in total. The van der Waals surface area contributed by atoms with E-state index < -0.39 is 4.92 Å². The van der Waals surface area contributed by atoms with E-state index in [4.69, 9.17) is 0 Å².